The lowest BCUT2D eigenvalue weighted by Crippen LogP contribution is -2.37. The van der Waals surface area contributed by atoms with Gasteiger partial charge in [0.1, 0.15) is 11.9 Å². The van der Waals surface area contributed by atoms with Crippen LogP contribution in [-0.2, 0) is 9.84 Å². The molecule has 1 aliphatic rings. The lowest BCUT2D eigenvalue weighted by Gasteiger charge is -2.23. The van der Waals surface area contributed by atoms with Gasteiger partial charge in [0.2, 0.25) is 0 Å². The van der Waals surface area contributed by atoms with E-state index in [0.717, 1.165) is 31.7 Å². The Kier molecular flexibility index (Phi) is 4.82. The van der Waals surface area contributed by atoms with Crippen LogP contribution < -0.4 is 10.1 Å². The Morgan fingerprint density at radius 2 is 2.05 bits per heavy atom. The van der Waals surface area contributed by atoms with Gasteiger partial charge < -0.3 is 10.1 Å². The van der Waals surface area contributed by atoms with Crippen molar-refractivity contribution in [1.29, 1.82) is 0 Å². The normalized spacial score (nSPS) is 20.2. The second-order valence-electron chi connectivity index (χ2n) is 4.88. The molecule has 0 amide bonds. The van der Waals surface area contributed by atoms with Crippen molar-refractivity contribution in [3.63, 3.8) is 0 Å². The zero-order valence-electron chi connectivity index (χ0n) is 11.3. The fourth-order valence-corrected chi connectivity index (χ4v) is 3.55. The Morgan fingerprint density at radius 3 is 2.63 bits per heavy atom. The summed E-state index contributed by atoms with van der Waals surface area (Å²) >= 11 is 0. The summed E-state index contributed by atoms with van der Waals surface area (Å²) in [6.07, 6.45) is 2.98. The second kappa shape index (κ2) is 6.39. The van der Waals surface area contributed by atoms with Crippen molar-refractivity contribution in [2.75, 3.05) is 18.8 Å². The Morgan fingerprint density at radius 1 is 1.32 bits per heavy atom. The summed E-state index contributed by atoms with van der Waals surface area (Å²) in [5, 5.41) is 3.29. The van der Waals surface area contributed by atoms with E-state index in [2.05, 4.69) is 5.32 Å². The molecule has 0 radical (unpaired) electrons. The van der Waals surface area contributed by atoms with Gasteiger partial charge in [-0.05, 0) is 50.1 Å². The van der Waals surface area contributed by atoms with Crippen LogP contribution in [0.3, 0.4) is 0 Å². The van der Waals surface area contributed by atoms with Gasteiger partial charge >= 0.3 is 0 Å². The summed E-state index contributed by atoms with van der Waals surface area (Å²) in [5.41, 5.74) is 0. The predicted molar refractivity (Wildman–Crippen MR) is 75.3 cm³/mol. The average molecular weight is 283 g/mol. The first kappa shape index (κ1) is 14.3. The van der Waals surface area contributed by atoms with E-state index in [1.807, 2.05) is 6.92 Å². The van der Waals surface area contributed by atoms with Gasteiger partial charge in [0.25, 0.3) is 0 Å². The molecule has 1 aliphatic heterocycles. The molecule has 19 heavy (non-hydrogen) atoms. The SMILES string of the molecule is CCCS(=O)(=O)c1ccc(O[C@H]2CCCNC2)cc1. The van der Waals surface area contributed by atoms with Gasteiger partial charge in [0.15, 0.2) is 9.84 Å². The number of nitrogens with one attached hydrogen (secondary N) is 1. The molecule has 1 aromatic carbocycles. The lowest BCUT2D eigenvalue weighted by atomic mass is 10.1. The zero-order chi connectivity index (χ0) is 13.7. The minimum absolute atomic E-state index is 0.187. The molecule has 106 valence electrons. The summed E-state index contributed by atoms with van der Waals surface area (Å²) in [4.78, 5) is 0.378. The van der Waals surface area contributed by atoms with Crippen LogP contribution in [0.15, 0.2) is 29.2 Å². The number of hydrogen-bond acceptors (Lipinski definition) is 4. The molecule has 0 spiro atoms. The molecule has 1 fully saturated rings. The van der Waals surface area contributed by atoms with Gasteiger partial charge in [-0.2, -0.15) is 0 Å². The standard InChI is InChI=1S/C14H21NO3S/c1-2-10-19(16,17)14-7-5-12(6-8-14)18-13-4-3-9-15-11-13/h5-8,13,15H,2-4,9-11H2,1H3/t13-/m0/s1. The van der Waals surface area contributed by atoms with Gasteiger partial charge in [0.05, 0.1) is 10.6 Å². The van der Waals surface area contributed by atoms with Crippen LogP contribution in [-0.4, -0.2) is 33.4 Å². The number of rotatable bonds is 5. The first-order valence-corrected chi connectivity index (χ1v) is 8.47. The fraction of sp³-hybridized carbons (Fsp3) is 0.571. The number of ether oxygens (including phenoxy) is 1. The maximum Gasteiger partial charge on any atom is 0.178 e. The van der Waals surface area contributed by atoms with E-state index in [1.54, 1.807) is 24.3 Å². The molecule has 1 N–H and O–H groups in total. The van der Waals surface area contributed by atoms with E-state index >= 15 is 0 Å². The summed E-state index contributed by atoms with van der Waals surface area (Å²) < 4.78 is 29.6. The molecule has 0 saturated carbocycles. The van der Waals surface area contributed by atoms with Crippen LogP contribution in [0.5, 0.6) is 5.75 Å². The first-order valence-electron chi connectivity index (χ1n) is 6.82. The highest BCUT2D eigenvalue weighted by Gasteiger charge is 2.16. The van der Waals surface area contributed by atoms with Crippen LogP contribution in [0.4, 0.5) is 0 Å². The highest BCUT2D eigenvalue weighted by molar-refractivity contribution is 7.91. The molecule has 0 aromatic heterocycles. The molecule has 0 unspecified atom stereocenters. The largest absolute Gasteiger partial charge is 0.489 e. The van der Waals surface area contributed by atoms with E-state index in [4.69, 9.17) is 4.74 Å². The first-order chi connectivity index (χ1) is 9.12. The lowest BCUT2D eigenvalue weighted by molar-refractivity contribution is 0.167. The minimum atomic E-state index is -3.13. The zero-order valence-corrected chi connectivity index (χ0v) is 12.1. The second-order valence-corrected chi connectivity index (χ2v) is 6.99. The molecule has 5 heteroatoms. The molecule has 0 bridgehead atoms. The van der Waals surface area contributed by atoms with E-state index in [-0.39, 0.29) is 11.9 Å². The Balaban J connectivity index is 2.01. The highest BCUT2D eigenvalue weighted by Crippen LogP contribution is 2.20. The van der Waals surface area contributed by atoms with E-state index < -0.39 is 9.84 Å². The van der Waals surface area contributed by atoms with Gasteiger partial charge in [0, 0.05) is 6.54 Å². The van der Waals surface area contributed by atoms with Crippen LogP contribution in [0.2, 0.25) is 0 Å². The van der Waals surface area contributed by atoms with Crippen molar-refractivity contribution in [3.05, 3.63) is 24.3 Å². The van der Waals surface area contributed by atoms with Crippen LogP contribution in [0, 0.1) is 0 Å². The molecule has 1 aromatic rings. The number of benzene rings is 1. The fourth-order valence-electron chi connectivity index (χ4n) is 2.23. The molecule has 2 rings (SSSR count). The van der Waals surface area contributed by atoms with Crippen LogP contribution in [0.25, 0.3) is 0 Å². The summed E-state index contributed by atoms with van der Waals surface area (Å²) in [6, 6.07) is 6.77. The maximum atomic E-state index is 11.9. The third-order valence-electron chi connectivity index (χ3n) is 3.21. The molecule has 1 heterocycles. The third-order valence-corrected chi connectivity index (χ3v) is 5.15. The number of hydrogen-bond donors (Lipinski definition) is 1. The summed E-state index contributed by atoms with van der Waals surface area (Å²) in [7, 11) is -3.13. The molecule has 4 nitrogen and oxygen atoms in total. The van der Waals surface area contributed by atoms with Crippen LogP contribution in [0.1, 0.15) is 26.2 Å². The quantitative estimate of drug-likeness (QED) is 0.898. The van der Waals surface area contributed by atoms with Crippen molar-refractivity contribution in [3.8, 4) is 5.75 Å². The van der Waals surface area contributed by atoms with Crippen molar-refractivity contribution in [1.82, 2.24) is 5.32 Å². The average Bonchev–Trinajstić information content (AvgIpc) is 2.40. The maximum absolute atomic E-state index is 11.9. The Labute approximate surface area is 115 Å². The molecular weight excluding hydrogens is 262 g/mol. The van der Waals surface area contributed by atoms with E-state index in [9.17, 15) is 8.42 Å². The van der Waals surface area contributed by atoms with Gasteiger partial charge in [-0.3, -0.25) is 0 Å². The monoisotopic (exact) mass is 283 g/mol. The molecule has 0 aliphatic carbocycles. The number of piperidine rings is 1. The van der Waals surface area contributed by atoms with E-state index in [1.165, 1.54) is 0 Å². The Bertz CT molecular complexity index is 490. The van der Waals surface area contributed by atoms with Gasteiger partial charge in [-0.15, -0.1) is 0 Å². The van der Waals surface area contributed by atoms with Crippen molar-refractivity contribution in [2.24, 2.45) is 0 Å². The molecule has 1 saturated heterocycles. The smallest absolute Gasteiger partial charge is 0.178 e. The van der Waals surface area contributed by atoms with Crippen molar-refractivity contribution >= 4 is 9.84 Å². The number of sulfone groups is 1. The Hall–Kier alpha value is -1.07. The van der Waals surface area contributed by atoms with Crippen molar-refractivity contribution in [2.45, 2.75) is 37.2 Å². The predicted octanol–water partition coefficient (Wildman–Crippen LogP) is 2.00. The minimum Gasteiger partial charge on any atom is -0.489 e. The summed E-state index contributed by atoms with van der Waals surface area (Å²) in [6.45, 7) is 3.77. The van der Waals surface area contributed by atoms with Gasteiger partial charge in [-0.1, -0.05) is 6.92 Å². The van der Waals surface area contributed by atoms with Crippen molar-refractivity contribution < 1.29 is 13.2 Å². The molecule has 1 atom stereocenters. The third kappa shape index (κ3) is 3.94. The van der Waals surface area contributed by atoms with Crippen LogP contribution >= 0.6 is 0 Å². The van der Waals surface area contributed by atoms with Gasteiger partial charge in [-0.25, -0.2) is 8.42 Å². The highest BCUT2D eigenvalue weighted by atomic mass is 32.2. The topological polar surface area (TPSA) is 55.4 Å². The van der Waals surface area contributed by atoms with E-state index in [0.29, 0.717) is 11.3 Å². The summed E-state index contributed by atoms with van der Waals surface area (Å²) in [5.74, 6) is 0.934. The molecular formula is C14H21NO3S.